The number of pyridine rings is 1. The largest absolute Gasteiger partial charge is 0.491 e. The Bertz CT molecular complexity index is 615. The highest BCUT2D eigenvalue weighted by Gasteiger charge is 2.16. The molecule has 1 aromatic carbocycles. The summed E-state index contributed by atoms with van der Waals surface area (Å²) in [4.78, 5) is 6.88. The van der Waals surface area contributed by atoms with Gasteiger partial charge in [-0.25, -0.2) is 4.98 Å². The number of rotatable bonds is 2. The third-order valence-electron chi connectivity index (χ3n) is 3.43. The molecule has 0 amide bonds. The molecular formula is C16H17ClN2O. The fourth-order valence-corrected chi connectivity index (χ4v) is 2.64. The number of aromatic nitrogens is 1. The maximum atomic E-state index is 5.95. The van der Waals surface area contributed by atoms with Gasteiger partial charge in [0.2, 0.25) is 0 Å². The molecule has 0 bridgehead atoms. The second-order valence-electron chi connectivity index (χ2n) is 4.99. The molecule has 20 heavy (non-hydrogen) atoms. The van der Waals surface area contributed by atoms with Gasteiger partial charge in [0, 0.05) is 23.7 Å². The Balaban J connectivity index is 1.93. The first-order valence-electron chi connectivity index (χ1n) is 6.75. The van der Waals surface area contributed by atoms with Crippen molar-refractivity contribution in [3.63, 3.8) is 0 Å². The summed E-state index contributed by atoms with van der Waals surface area (Å²) in [5.41, 5.74) is 3.30. The van der Waals surface area contributed by atoms with Gasteiger partial charge in [-0.15, -0.1) is 11.6 Å². The van der Waals surface area contributed by atoms with Crippen LogP contribution in [0.4, 0.5) is 5.82 Å². The highest BCUT2D eigenvalue weighted by atomic mass is 35.5. The van der Waals surface area contributed by atoms with Gasteiger partial charge in [-0.05, 0) is 30.7 Å². The minimum Gasteiger partial charge on any atom is -0.491 e. The SMILES string of the molecule is Cc1cc(CCl)cc(N2CCOc3ccccc3C2)n1. The van der Waals surface area contributed by atoms with Gasteiger partial charge in [0.1, 0.15) is 18.2 Å². The quantitative estimate of drug-likeness (QED) is 0.791. The van der Waals surface area contributed by atoms with Crippen molar-refractivity contribution in [3.05, 3.63) is 53.2 Å². The summed E-state index contributed by atoms with van der Waals surface area (Å²) in [6, 6.07) is 12.3. The Morgan fingerprint density at radius 1 is 1.30 bits per heavy atom. The van der Waals surface area contributed by atoms with Crippen LogP contribution in [0.3, 0.4) is 0 Å². The molecule has 0 aliphatic carbocycles. The average Bonchev–Trinajstić information content (AvgIpc) is 2.68. The molecule has 3 rings (SSSR count). The Morgan fingerprint density at radius 3 is 3.00 bits per heavy atom. The molecule has 104 valence electrons. The van der Waals surface area contributed by atoms with Crippen LogP contribution in [0.1, 0.15) is 16.8 Å². The molecule has 0 saturated heterocycles. The van der Waals surface area contributed by atoms with Gasteiger partial charge in [-0.3, -0.25) is 0 Å². The van der Waals surface area contributed by atoms with Crippen molar-refractivity contribution in [3.8, 4) is 5.75 Å². The van der Waals surface area contributed by atoms with Crippen molar-refractivity contribution >= 4 is 17.4 Å². The van der Waals surface area contributed by atoms with Crippen LogP contribution >= 0.6 is 11.6 Å². The van der Waals surface area contributed by atoms with Crippen molar-refractivity contribution in [2.45, 2.75) is 19.3 Å². The second-order valence-corrected chi connectivity index (χ2v) is 5.25. The van der Waals surface area contributed by atoms with Crippen molar-refractivity contribution in [2.24, 2.45) is 0 Å². The fourth-order valence-electron chi connectivity index (χ4n) is 2.48. The Hall–Kier alpha value is -1.74. The van der Waals surface area contributed by atoms with E-state index in [-0.39, 0.29) is 0 Å². The van der Waals surface area contributed by atoms with Gasteiger partial charge in [0.15, 0.2) is 0 Å². The van der Waals surface area contributed by atoms with Crippen molar-refractivity contribution in [1.29, 1.82) is 0 Å². The van der Waals surface area contributed by atoms with Gasteiger partial charge in [-0.1, -0.05) is 18.2 Å². The molecule has 0 spiro atoms. The van der Waals surface area contributed by atoms with Crippen LogP contribution in [0.25, 0.3) is 0 Å². The number of fused-ring (bicyclic) bond motifs is 1. The number of hydrogen-bond acceptors (Lipinski definition) is 3. The van der Waals surface area contributed by atoms with E-state index >= 15 is 0 Å². The first kappa shape index (κ1) is 13.3. The molecule has 1 aromatic heterocycles. The Labute approximate surface area is 124 Å². The van der Waals surface area contributed by atoms with Gasteiger partial charge >= 0.3 is 0 Å². The zero-order valence-corrected chi connectivity index (χ0v) is 12.2. The molecule has 4 heteroatoms. The number of ether oxygens (including phenoxy) is 1. The first-order valence-corrected chi connectivity index (χ1v) is 7.29. The molecule has 0 N–H and O–H groups in total. The van der Waals surface area contributed by atoms with E-state index < -0.39 is 0 Å². The van der Waals surface area contributed by atoms with E-state index in [9.17, 15) is 0 Å². The second kappa shape index (κ2) is 5.71. The highest BCUT2D eigenvalue weighted by molar-refractivity contribution is 6.17. The molecule has 2 heterocycles. The van der Waals surface area contributed by atoms with E-state index in [2.05, 4.69) is 22.0 Å². The molecule has 3 nitrogen and oxygen atoms in total. The third kappa shape index (κ3) is 2.73. The van der Waals surface area contributed by atoms with Crippen LogP contribution in [-0.4, -0.2) is 18.1 Å². The lowest BCUT2D eigenvalue weighted by atomic mass is 10.2. The van der Waals surface area contributed by atoms with Crippen LogP contribution in [0, 0.1) is 6.92 Å². The van der Waals surface area contributed by atoms with Crippen molar-refractivity contribution in [1.82, 2.24) is 4.98 Å². The molecule has 1 aliphatic heterocycles. The molecule has 1 aliphatic rings. The molecule has 2 aromatic rings. The van der Waals surface area contributed by atoms with Gasteiger partial charge < -0.3 is 9.64 Å². The molecule has 0 atom stereocenters. The number of nitrogens with zero attached hydrogens (tertiary/aromatic N) is 2. The Morgan fingerprint density at radius 2 is 2.15 bits per heavy atom. The molecule has 0 unspecified atom stereocenters. The van der Waals surface area contributed by atoms with E-state index in [0.29, 0.717) is 12.5 Å². The van der Waals surface area contributed by atoms with Crippen LogP contribution in [0.5, 0.6) is 5.75 Å². The maximum Gasteiger partial charge on any atom is 0.129 e. The summed E-state index contributed by atoms with van der Waals surface area (Å²) in [6.07, 6.45) is 0. The summed E-state index contributed by atoms with van der Waals surface area (Å²) in [7, 11) is 0. The number of aryl methyl sites for hydroxylation is 1. The highest BCUT2D eigenvalue weighted by Crippen LogP contribution is 2.26. The number of benzene rings is 1. The van der Waals surface area contributed by atoms with Crippen LogP contribution in [-0.2, 0) is 12.4 Å². The lowest BCUT2D eigenvalue weighted by molar-refractivity contribution is 0.331. The van der Waals surface area contributed by atoms with E-state index in [0.717, 1.165) is 35.9 Å². The van der Waals surface area contributed by atoms with E-state index in [1.165, 1.54) is 5.56 Å². The zero-order chi connectivity index (χ0) is 13.9. The summed E-state index contributed by atoms with van der Waals surface area (Å²) in [5, 5.41) is 0. The van der Waals surface area contributed by atoms with Gasteiger partial charge in [-0.2, -0.15) is 0 Å². The fraction of sp³-hybridized carbons (Fsp3) is 0.312. The number of para-hydroxylation sites is 1. The summed E-state index contributed by atoms with van der Waals surface area (Å²) in [5.74, 6) is 2.46. The monoisotopic (exact) mass is 288 g/mol. The van der Waals surface area contributed by atoms with Gasteiger partial charge in [0.25, 0.3) is 0 Å². The zero-order valence-electron chi connectivity index (χ0n) is 11.5. The number of halogens is 1. The minimum atomic E-state index is 0.511. The van der Waals surface area contributed by atoms with Crippen LogP contribution in [0.15, 0.2) is 36.4 Å². The topological polar surface area (TPSA) is 25.4 Å². The summed E-state index contributed by atoms with van der Waals surface area (Å²) in [6.45, 7) is 4.31. The minimum absolute atomic E-state index is 0.511. The summed E-state index contributed by atoms with van der Waals surface area (Å²) >= 11 is 5.95. The predicted octanol–water partition coefficient (Wildman–Crippen LogP) is 3.53. The number of anilines is 1. The predicted molar refractivity (Wildman–Crippen MR) is 81.5 cm³/mol. The van der Waals surface area contributed by atoms with Crippen molar-refractivity contribution < 1.29 is 4.74 Å². The lowest BCUT2D eigenvalue weighted by Gasteiger charge is -2.22. The summed E-state index contributed by atoms with van der Waals surface area (Å²) < 4.78 is 5.79. The number of hydrogen-bond donors (Lipinski definition) is 0. The van der Waals surface area contributed by atoms with E-state index in [1.807, 2.05) is 31.2 Å². The van der Waals surface area contributed by atoms with E-state index in [1.54, 1.807) is 0 Å². The molecule has 0 fully saturated rings. The van der Waals surface area contributed by atoms with Crippen LogP contribution < -0.4 is 9.64 Å². The lowest BCUT2D eigenvalue weighted by Crippen LogP contribution is -2.26. The third-order valence-corrected chi connectivity index (χ3v) is 3.74. The normalized spacial score (nSPS) is 14.4. The molecular weight excluding hydrogens is 272 g/mol. The molecule has 0 saturated carbocycles. The van der Waals surface area contributed by atoms with Crippen LogP contribution in [0.2, 0.25) is 0 Å². The first-order chi connectivity index (χ1) is 9.76. The average molecular weight is 289 g/mol. The molecule has 0 radical (unpaired) electrons. The van der Waals surface area contributed by atoms with E-state index in [4.69, 9.17) is 16.3 Å². The number of alkyl halides is 1. The van der Waals surface area contributed by atoms with Crippen molar-refractivity contribution in [2.75, 3.05) is 18.1 Å². The smallest absolute Gasteiger partial charge is 0.129 e. The van der Waals surface area contributed by atoms with Gasteiger partial charge in [0.05, 0.1) is 6.54 Å². The Kier molecular flexibility index (Phi) is 3.79. The standard InChI is InChI=1S/C16H17ClN2O/c1-12-8-13(10-17)9-16(18-12)19-6-7-20-15-5-3-2-4-14(15)11-19/h2-5,8-9H,6-7,10-11H2,1H3. The maximum absolute atomic E-state index is 5.95.